The SMILES string of the molecule is C1=CCC(c2ccc(-c3nc(-c4ccc(-c5ccccc5)cc4)nc(-c4cc(-c5ccccc5)c(-n5c6ccccc6c6ccc7oc8ccccc8c7c65)c(-c5ccccc5)c4)n3)cc2)C=C1. The van der Waals surface area contributed by atoms with Crippen LogP contribution >= 0.6 is 0 Å². The molecule has 0 radical (unpaired) electrons. The van der Waals surface area contributed by atoms with Gasteiger partial charge in [-0.2, -0.15) is 0 Å². The van der Waals surface area contributed by atoms with Crippen molar-refractivity contribution >= 4 is 43.7 Å². The average molecular weight is 871 g/mol. The van der Waals surface area contributed by atoms with E-state index in [1.54, 1.807) is 0 Å². The molecule has 5 heteroatoms. The molecule has 0 bridgehead atoms. The first-order chi connectivity index (χ1) is 33.7. The molecule has 13 rings (SSSR count). The zero-order valence-corrected chi connectivity index (χ0v) is 37.0. The molecule has 3 aromatic heterocycles. The van der Waals surface area contributed by atoms with Crippen molar-refractivity contribution < 1.29 is 4.42 Å². The van der Waals surface area contributed by atoms with Crippen molar-refractivity contribution in [2.45, 2.75) is 12.3 Å². The Hall–Kier alpha value is -8.93. The Morgan fingerprint density at radius 1 is 0.412 bits per heavy atom. The number of allylic oxidation sites excluding steroid dienone is 4. The van der Waals surface area contributed by atoms with Gasteiger partial charge in [-0.05, 0) is 70.6 Å². The van der Waals surface area contributed by atoms with Crippen molar-refractivity contribution in [2.75, 3.05) is 0 Å². The highest BCUT2D eigenvalue weighted by Crippen LogP contribution is 2.47. The summed E-state index contributed by atoms with van der Waals surface area (Å²) in [5, 5.41) is 4.50. The molecule has 9 aromatic carbocycles. The van der Waals surface area contributed by atoms with Crippen molar-refractivity contribution in [3.63, 3.8) is 0 Å². The van der Waals surface area contributed by atoms with E-state index in [1.165, 1.54) is 10.9 Å². The van der Waals surface area contributed by atoms with Crippen molar-refractivity contribution in [1.82, 2.24) is 19.5 Å². The summed E-state index contributed by atoms with van der Waals surface area (Å²) in [6.07, 6.45) is 9.73. The lowest BCUT2D eigenvalue weighted by molar-refractivity contribution is 0.669. The van der Waals surface area contributed by atoms with E-state index in [0.29, 0.717) is 23.4 Å². The standard InChI is InChI=1S/C63H42N4O/c1-5-17-41(18-6-1)43-29-33-47(34-30-43)61-64-62(48-35-31-44(32-36-48)42-19-7-2-8-20-42)66-63(65-61)49-39-53(45-21-9-3-10-22-45)59(54(40-49)46-23-11-4-12-24-46)67-55-27-15-13-25-50(55)51-37-38-57-58(60(51)67)52-26-14-16-28-56(52)68-57/h1-19,21-40,42H,20H2. The van der Waals surface area contributed by atoms with E-state index in [9.17, 15) is 0 Å². The van der Waals surface area contributed by atoms with Crippen LogP contribution in [0.3, 0.4) is 0 Å². The smallest absolute Gasteiger partial charge is 0.164 e. The third-order valence-electron chi connectivity index (χ3n) is 13.4. The van der Waals surface area contributed by atoms with Crippen LogP contribution in [0.15, 0.2) is 241 Å². The van der Waals surface area contributed by atoms with Gasteiger partial charge in [-0.1, -0.05) is 200 Å². The lowest BCUT2D eigenvalue weighted by Crippen LogP contribution is -2.04. The third-order valence-corrected chi connectivity index (χ3v) is 13.4. The molecule has 68 heavy (non-hydrogen) atoms. The van der Waals surface area contributed by atoms with E-state index in [-0.39, 0.29) is 0 Å². The third kappa shape index (κ3) is 6.83. The molecule has 0 aliphatic heterocycles. The summed E-state index contributed by atoms with van der Waals surface area (Å²) in [4.78, 5) is 16.0. The zero-order chi connectivity index (χ0) is 45.0. The van der Waals surface area contributed by atoms with E-state index in [0.717, 1.165) is 101 Å². The second-order valence-electron chi connectivity index (χ2n) is 17.5. The van der Waals surface area contributed by atoms with Gasteiger partial charge in [0, 0.05) is 49.9 Å². The number of fused-ring (bicyclic) bond motifs is 7. The first-order valence-electron chi connectivity index (χ1n) is 23.2. The van der Waals surface area contributed by atoms with Gasteiger partial charge in [0.05, 0.1) is 22.1 Å². The Labute approximate surface area is 393 Å². The summed E-state index contributed by atoms with van der Waals surface area (Å²) in [7, 11) is 0. The van der Waals surface area contributed by atoms with Crippen molar-refractivity contribution in [1.29, 1.82) is 0 Å². The van der Waals surface area contributed by atoms with Gasteiger partial charge in [0.25, 0.3) is 0 Å². The Kier molecular flexibility index (Phi) is 9.57. The highest BCUT2D eigenvalue weighted by molar-refractivity contribution is 6.25. The number of para-hydroxylation sites is 2. The lowest BCUT2D eigenvalue weighted by Gasteiger charge is -2.21. The second kappa shape index (κ2) is 16.5. The first kappa shape index (κ1) is 39.4. The number of rotatable bonds is 8. The maximum Gasteiger partial charge on any atom is 0.164 e. The quantitative estimate of drug-likeness (QED) is 0.153. The zero-order valence-electron chi connectivity index (χ0n) is 37.0. The minimum absolute atomic E-state index is 0.339. The van der Waals surface area contributed by atoms with E-state index in [1.807, 2.05) is 12.1 Å². The fraction of sp³-hybridized carbons (Fsp3) is 0.0317. The molecule has 12 aromatic rings. The van der Waals surface area contributed by atoms with Crippen LogP contribution in [-0.4, -0.2) is 19.5 Å². The predicted octanol–water partition coefficient (Wildman–Crippen LogP) is 16.5. The summed E-state index contributed by atoms with van der Waals surface area (Å²) >= 11 is 0. The molecule has 0 N–H and O–H groups in total. The van der Waals surface area contributed by atoms with E-state index in [2.05, 4.69) is 229 Å². The van der Waals surface area contributed by atoms with Gasteiger partial charge in [-0.15, -0.1) is 0 Å². The maximum absolute atomic E-state index is 6.57. The molecule has 1 aliphatic carbocycles. The van der Waals surface area contributed by atoms with Crippen LogP contribution in [0.4, 0.5) is 0 Å². The average Bonchev–Trinajstić information content (AvgIpc) is 3.97. The van der Waals surface area contributed by atoms with Crippen LogP contribution in [0.2, 0.25) is 0 Å². The molecule has 5 nitrogen and oxygen atoms in total. The Bertz CT molecular complexity index is 3840. The van der Waals surface area contributed by atoms with E-state index in [4.69, 9.17) is 19.4 Å². The summed E-state index contributed by atoms with van der Waals surface area (Å²) in [6.45, 7) is 0. The van der Waals surface area contributed by atoms with Crippen LogP contribution in [0.5, 0.6) is 0 Å². The van der Waals surface area contributed by atoms with E-state index < -0.39 is 0 Å². The molecule has 0 spiro atoms. The summed E-state index contributed by atoms with van der Waals surface area (Å²) in [5.74, 6) is 2.15. The molecule has 3 heterocycles. The molecule has 0 amide bonds. The van der Waals surface area contributed by atoms with Crippen LogP contribution in [-0.2, 0) is 0 Å². The van der Waals surface area contributed by atoms with Crippen molar-refractivity contribution in [2.24, 2.45) is 0 Å². The number of hydrogen-bond acceptors (Lipinski definition) is 4. The minimum Gasteiger partial charge on any atom is -0.456 e. The first-order valence-corrected chi connectivity index (χ1v) is 23.2. The van der Waals surface area contributed by atoms with Crippen molar-refractivity contribution in [3.8, 4) is 73.2 Å². The molecule has 0 saturated heterocycles. The minimum atomic E-state index is 0.339. The number of hydrogen-bond donors (Lipinski definition) is 0. The normalized spacial score (nSPS) is 13.6. The summed E-state index contributed by atoms with van der Waals surface area (Å²) < 4.78 is 9.05. The van der Waals surface area contributed by atoms with E-state index >= 15 is 0 Å². The number of aromatic nitrogens is 4. The molecule has 1 aliphatic rings. The monoisotopic (exact) mass is 870 g/mol. The van der Waals surface area contributed by atoms with Gasteiger partial charge in [0.2, 0.25) is 0 Å². The van der Waals surface area contributed by atoms with Crippen molar-refractivity contribution in [3.05, 3.63) is 242 Å². The predicted molar refractivity (Wildman–Crippen MR) is 280 cm³/mol. The number of benzene rings is 9. The molecule has 1 unspecified atom stereocenters. The molecular weight excluding hydrogens is 829 g/mol. The number of furan rings is 1. The van der Waals surface area contributed by atoms with Gasteiger partial charge >= 0.3 is 0 Å². The molecule has 1 atom stereocenters. The van der Waals surface area contributed by atoms with Crippen LogP contribution < -0.4 is 0 Å². The Morgan fingerprint density at radius 3 is 1.57 bits per heavy atom. The van der Waals surface area contributed by atoms with Gasteiger partial charge < -0.3 is 8.98 Å². The fourth-order valence-electron chi connectivity index (χ4n) is 10.1. The topological polar surface area (TPSA) is 56.7 Å². The summed E-state index contributed by atoms with van der Waals surface area (Å²) in [6, 6.07) is 75.1. The molecule has 0 saturated carbocycles. The van der Waals surface area contributed by atoms with Gasteiger partial charge in [-0.3, -0.25) is 0 Å². The molecule has 0 fully saturated rings. The number of nitrogens with zero attached hydrogens (tertiary/aromatic N) is 4. The molecule has 320 valence electrons. The lowest BCUT2D eigenvalue weighted by atomic mass is 9.92. The fourth-order valence-corrected chi connectivity index (χ4v) is 10.1. The van der Waals surface area contributed by atoms with Gasteiger partial charge in [0.1, 0.15) is 11.2 Å². The molecular formula is C63H42N4O. The highest BCUT2D eigenvalue weighted by Gasteiger charge is 2.25. The van der Waals surface area contributed by atoms with Gasteiger partial charge in [-0.25, -0.2) is 15.0 Å². The maximum atomic E-state index is 6.57. The highest BCUT2D eigenvalue weighted by atomic mass is 16.3. The van der Waals surface area contributed by atoms with Gasteiger partial charge in [0.15, 0.2) is 17.5 Å². The summed E-state index contributed by atoms with van der Waals surface area (Å²) in [5.41, 5.74) is 15.5. The largest absolute Gasteiger partial charge is 0.456 e. The van der Waals surface area contributed by atoms with Crippen LogP contribution in [0, 0.1) is 0 Å². The second-order valence-corrected chi connectivity index (χ2v) is 17.5. The Balaban J connectivity index is 1.09. The van der Waals surface area contributed by atoms with Crippen LogP contribution in [0.1, 0.15) is 17.9 Å². The van der Waals surface area contributed by atoms with Crippen LogP contribution in [0.25, 0.3) is 117 Å². The Morgan fingerprint density at radius 2 is 0.941 bits per heavy atom.